The van der Waals surface area contributed by atoms with Crippen molar-refractivity contribution in [1.29, 1.82) is 0 Å². The van der Waals surface area contributed by atoms with Crippen molar-refractivity contribution in [1.82, 2.24) is 15.0 Å². The van der Waals surface area contributed by atoms with Crippen LogP contribution in [0.15, 0.2) is 57.2 Å². The molecule has 0 saturated heterocycles. The maximum atomic E-state index is 12.1. The normalized spacial score (nSPS) is 11.6. The number of carbonyl (C=O) groups is 1. The average Bonchev–Trinajstić information content (AvgIpc) is 3.00. The summed E-state index contributed by atoms with van der Waals surface area (Å²) in [5.41, 5.74) is 6.12. The first-order valence-corrected chi connectivity index (χ1v) is 9.98. The molecule has 27 heavy (non-hydrogen) atoms. The SMILES string of the molecule is COc1ccc2c(c1)nc(SCC(=O)NN=C(C)c1ccc(Br)cc1)n2C. The van der Waals surface area contributed by atoms with Gasteiger partial charge in [0.15, 0.2) is 5.16 Å². The van der Waals surface area contributed by atoms with Gasteiger partial charge in [-0.25, -0.2) is 10.4 Å². The van der Waals surface area contributed by atoms with Crippen molar-refractivity contribution in [2.45, 2.75) is 12.1 Å². The van der Waals surface area contributed by atoms with Crippen LogP contribution in [0, 0.1) is 0 Å². The van der Waals surface area contributed by atoms with Crippen molar-refractivity contribution in [2.24, 2.45) is 12.1 Å². The largest absolute Gasteiger partial charge is 0.497 e. The van der Waals surface area contributed by atoms with Crippen LogP contribution in [0.1, 0.15) is 12.5 Å². The van der Waals surface area contributed by atoms with Gasteiger partial charge in [0.05, 0.1) is 29.6 Å². The van der Waals surface area contributed by atoms with E-state index in [-0.39, 0.29) is 11.7 Å². The third kappa shape index (κ3) is 4.70. The topological polar surface area (TPSA) is 68.5 Å². The van der Waals surface area contributed by atoms with Crippen LogP contribution in [0.3, 0.4) is 0 Å². The van der Waals surface area contributed by atoms with Crippen molar-refractivity contribution in [3.63, 3.8) is 0 Å². The zero-order valence-electron chi connectivity index (χ0n) is 15.2. The molecule has 0 aliphatic heterocycles. The molecule has 6 nitrogen and oxygen atoms in total. The van der Waals surface area contributed by atoms with E-state index in [0.717, 1.165) is 37.7 Å². The molecule has 140 valence electrons. The van der Waals surface area contributed by atoms with Crippen LogP contribution < -0.4 is 10.2 Å². The van der Waals surface area contributed by atoms with Crippen molar-refractivity contribution in [3.05, 3.63) is 52.5 Å². The zero-order valence-corrected chi connectivity index (χ0v) is 17.6. The minimum Gasteiger partial charge on any atom is -0.497 e. The van der Waals surface area contributed by atoms with Gasteiger partial charge in [-0.15, -0.1) is 0 Å². The fourth-order valence-corrected chi connectivity index (χ4v) is 3.52. The van der Waals surface area contributed by atoms with Crippen LogP contribution in [0.5, 0.6) is 5.75 Å². The average molecular weight is 447 g/mol. The number of hydrazone groups is 1. The molecule has 0 saturated carbocycles. The molecule has 1 heterocycles. The van der Waals surface area contributed by atoms with E-state index in [1.165, 1.54) is 11.8 Å². The Hall–Kier alpha value is -2.32. The number of benzene rings is 2. The van der Waals surface area contributed by atoms with Gasteiger partial charge in [-0.2, -0.15) is 5.10 Å². The van der Waals surface area contributed by atoms with Crippen LogP contribution in [0.4, 0.5) is 0 Å². The summed E-state index contributed by atoms with van der Waals surface area (Å²) in [7, 11) is 3.55. The van der Waals surface area contributed by atoms with E-state index in [1.807, 2.05) is 61.0 Å². The minimum absolute atomic E-state index is 0.180. The number of nitrogens with zero attached hydrogens (tertiary/aromatic N) is 3. The fourth-order valence-electron chi connectivity index (χ4n) is 2.48. The molecule has 1 aromatic heterocycles. The van der Waals surface area contributed by atoms with Crippen LogP contribution in [0.2, 0.25) is 0 Å². The van der Waals surface area contributed by atoms with Crippen LogP contribution in [0.25, 0.3) is 11.0 Å². The maximum Gasteiger partial charge on any atom is 0.250 e. The van der Waals surface area contributed by atoms with Crippen molar-refractivity contribution >= 4 is 50.3 Å². The van der Waals surface area contributed by atoms with Gasteiger partial charge in [0.2, 0.25) is 0 Å². The predicted octanol–water partition coefficient (Wildman–Crippen LogP) is 3.98. The van der Waals surface area contributed by atoms with Gasteiger partial charge in [-0.05, 0) is 36.8 Å². The minimum atomic E-state index is -0.180. The van der Waals surface area contributed by atoms with Gasteiger partial charge >= 0.3 is 0 Å². The second-order valence-corrected chi connectivity index (χ2v) is 7.69. The van der Waals surface area contributed by atoms with Crippen molar-refractivity contribution < 1.29 is 9.53 Å². The highest BCUT2D eigenvalue weighted by Gasteiger charge is 2.11. The molecular formula is C19H19BrN4O2S. The summed E-state index contributed by atoms with van der Waals surface area (Å²) < 4.78 is 8.19. The van der Waals surface area contributed by atoms with Crippen molar-refractivity contribution in [3.8, 4) is 5.75 Å². The third-order valence-corrected chi connectivity index (χ3v) is 5.55. The molecule has 3 aromatic rings. The molecule has 0 spiro atoms. The molecule has 1 amide bonds. The number of fused-ring (bicyclic) bond motifs is 1. The summed E-state index contributed by atoms with van der Waals surface area (Å²) in [6.07, 6.45) is 0. The number of thioether (sulfide) groups is 1. The zero-order chi connectivity index (χ0) is 19.4. The molecule has 1 N–H and O–H groups in total. The number of imidazole rings is 1. The van der Waals surface area contributed by atoms with Crippen LogP contribution in [-0.4, -0.2) is 34.0 Å². The predicted molar refractivity (Wildman–Crippen MR) is 112 cm³/mol. The van der Waals surface area contributed by atoms with Gasteiger partial charge in [-0.3, -0.25) is 4.79 Å². The monoisotopic (exact) mass is 446 g/mol. The van der Waals surface area contributed by atoms with E-state index in [9.17, 15) is 4.79 Å². The lowest BCUT2D eigenvalue weighted by atomic mass is 10.1. The van der Waals surface area contributed by atoms with Gasteiger partial charge in [0.1, 0.15) is 5.75 Å². The maximum absolute atomic E-state index is 12.1. The Labute approximate surface area is 170 Å². The van der Waals surface area contributed by atoms with E-state index < -0.39 is 0 Å². The summed E-state index contributed by atoms with van der Waals surface area (Å²) in [5, 5.41) is 4.93. The summed E-state index contributed by atoms with van der Waals surface area (Å²) >= 11 is 4.77. The number of halogens is 1. The highest BCUT2D eigenvalue weighted by Crippen LogP contribution is 2.25. The summed E-state index contributed by atoms with van der Waals surface area (Å²) in [6.45, 7) is 1.86. The molecule has 0 atom stereocenters. The molecule has 2 aromatic carbocycles. The standard InChI is InChI=1S/C19H19BrN4O2S/c1-12(13-4-6-14(20)7-5-13)22-23-18(25)11-27-19-21-16-10-15(26-3)8-9-17(16)24(19)2/h4-10H,11H2,1-3H3,(H,23,25). The van der Waals surface area contributed by atoms with Crippen LogP contribution in [-0.2, 0) is 11.8 Å². The van der Waals surface area contributed by atoms with E-state index in [4.69, 9.17) is 4.74 Å². The highest BCUT2D eigenvalue weighted by atomic mass is 79.9. The Morgan fingerprint density at radius 2 is 2.04 bits per heavy atom. The molecule has 8 heteroatoms. The number of rotatable bonds is 6. The van der Waals surface area contributed by atoms with Gasteiger partial charge in [0.25, 0.3) is 5.91 Å². The molecule has 0 bridgehead atoms. The second-order valence-electron chi connectivity index (χ2n) is 5.84. The Morgan fingerprint density at radius 3 is 2.74 bits per heavy atom. The Balaban J connectivity index is 1.62. The van der Waals surface area contributed by atoms with Gasteiger partial charge in [0, 0.05) is 17.6 Å². The van der Waals surface area contributed by atoms with Crippen LogP contribution >= 0.6 is 27.7 Å². The molecule has 0 radical (unpaired) electrons. The van der Waals surface area contributed by atoms with Gasteiger partial charge in [-0.1, -0.05) is 39.8 Å². The smallest absolute Gasteiger partial charge is 0.250 e. The Bertz CT molecular complexity index is 999. The number of nitrogens with one attached hydrogen (secondary N) is 1. The number of aromatic nitrogens is 2. The van der Waals surface area contributed by atoms with E-state index in [1.54, 1.807) is 7.11 Å². The number of aryl methyl sites for hydroxylation is 1. The number of carbonyl (C=O) groups excluding carboxylic acids is 1. The molecule has 0 fully saturated rings. The van der Waals surface area contributed by atoms with E-state index >= 15 is 0 Å². The third-order valence-electron chi connectivity index (χ3n) is 3.99. The Kier molecular flexibility index (Phi) is 6.18. The van der Waals surface area contributed by atoms with Gasteiger partial charge < -0.3 is 9.30 Å². The highest BCUT2D eigenvalue weighted by molar-refractivity contribution is 9.10. The lowest BCUT2D eigenvalue weighted by Crippen LogP contribution is -2.21. The molecule has 0 aliphatic carbocycles. The number of methoxy groups -OCH3 is 1. The molecule has 0 aliphatic rings. The molecule has 0 unspecified atom stereocenters. The first kappa shape index (κ1) is 19.4. The number of amides is 1. The van der Waals surface area contributed by atoms with E-state index in [0.29, 0.717) is 0 Å². The first-order chi connectivity index (χ1) is 13.0. The molecule has 3 rings (SSSR count). The quantitative estimate of drug-likeness (QED) is 0.353. The number of hydrogen-bond donors (Lipinski definition) is 1. The molecular weight excluding hydrogens is 428 g/mol. The summed E-state index contributed by atoms with van der Waals surface area (Å²) in [4.78, 5) is 16.7. The lowest BCUT2D eigenvalue weighted by molar-refractivity contribution is -0.118. The van der Waals surface area contributed by atoms with Crippen molar-refractivity contribution in [2.75, 3.05) is 12.9 Å². The summed E-state index contributed by atoms with van der Waals surface area (Å²) in [6, 6.07) is 13.5. The summed E-state index contributed by atoms with van der Waals surface area (Å²) in [5.74, 6) is 0.805. The Morgan fingerprint density at radius 1 is 1.30 bits per heavy atom. The number of hydrogen-bond acceptors (Lipinski definition) is 5. The van der Waals surface area contributed by atoms with E-state index in [2.05, 4.69) is 31.4 Å². The lowest BCUT2D eigenvalue weighted by Gasteiger charge is -2.04. The number of ether oxygens (including phenoxy) is 1. The first-order valence-electron chi connectivity index (χ1n) is 8.20. The second kappa shape index (κ2) is 8.58. The fraction of sp³-hybridized carbons (Fsp3) is 0.211.